The second-order valence-corrected chi connectivity index (χ2v) is 7.09. The van der Waals surface area contributed by atoms with Crippen molar-refractivity contribution < 1.29 is 0 Å². The molecule has 0 aliphatic carbocycles. The fourth-order valence-electron chi connectivity index (χ4n) is 2.95. The molecule has 0 fully saturated rings. The van der Waals surface area contributed by atoms with Gasteiger partial charge in [-0.05, 0) is 30.3 Å². The maximum atomic E-state index is 5.98. The lowest BCUT2D eigenvalue weighted by Gasteiger charge is -2.13. The van der Waals surface area contributed by atoms with Gasteiger partial charge < -0.3 is 4.98 Å². The zero-order valence-corrected chi connectivity index (χ0v) is 14.6. The van der Waals surface area contributed by atoms with Crippen LogP contribution in [-0.4, -0.2) is 31.3 Å². The second-order valence-electron chi connectivity index (χ2n) is 5.71. The number of aromatic amines is 1. The predicted molar refractivity (Wildman–Crippen MR) is 101 cm³/mol. The van der Waals surface area contributed by atoms with E-state index < -0.39 is 0 Å². The molecular formula is C18H12ClN5S. The first kappa shape index (κ1) is 14.7. The largest absolute Gasteiger partial charge is 0.360 e. The Hall–Kier alpha value is -2.57. The minimum atomic E-state index is 0.694. The monoisotopic (exact) mass is 365 g/mol. The minimum absolute atomic E-state index is 0.694. The van der Waals surface area contributed by atoms with Gasteiger partial charge in [-0.15, -0.1) is 10.2 Å². The van der Waals surface area contributed by atoms with E-state index in [1.165, 1.54) is 5.39 Å². The third-order valence-electron chi connectivity index (χ3n) is 4.17. The number of nitrogens with one attached hydrogen (secondary N) is 1. The number of nitrogens with zero attached hydrogens (tertiary/aromatic N) is 4. The molecular weight excluding hydrogens is 354 g/mol. The molecule has 2 aromatic heterocycles. The number of aromatic nitrogens is 4. The Kier molecular flexibility index (Phi) is 3.39. The standard InChI is InChI=1S/C18H12ClN5S/c19-12-7-5-11(6-8-12)17-21-22-18-24(17)23-16(10-25-18)14-9-20-15-4-2-1-3-13(14)15/h1-9,20H,10H2. The lowest BCUT2D eigenvalue weighted by atomic mass is 10.1. The number of hydrogen-bond acceptors (Lipinski definition) is 4. The number of H-pyrrole nitrogens is 1. The summed E-state index contributed by atoms with van der Waals surface area (Å²) >= 11 is 7.63. The quantitative estimate of drug-likeness (QED) is 0.571. The lowest BCUT2D eigenvalue weighted by molar-refractivity contribution is 0.762. The normalized spacial score (nSPS) is 13.7. The zero-order valence-electron chi connectivity index (χ0n) is 13.0. The lowest BCUT2D eigenvalue weighted by Crippen LogP contribution is -2.13. The van der Waals surface area contributed by atoms with E-state index in [0.717, 1.165) is 39.1 Å². The van der Waals surface area contributed by atoms with Crippen LogP contribution in [0.25, 0.3) is 22.3 Å². The predicted octanol–water partition coefficient (Wildman–Crippen LogP) is 4.44. The van der Waals surface area contributed by atoms with Crippen molar-refractivity contribution in [2.45, 2.75) is 5.16 Å². The number of rotatable bonds is 2. The number of thioether (sulfide) groups is 1. The average Bonchev–Trinajstić information content (AvgIpc) is 3.26. The number of fused-ring (bicyclic) bond motifs is 2. The van der Waals surface area contributed by atoms with E-state index in [-0.39, 0.29) is 0 Å². The van der Waals surface area contributed by atoms with E-state index in [1.807, 2.05) is 47.3 Å². The van der Waals surface area contributed by atoms with Gasteiger partial charge in [0.15, 0.2) is 5.82 Å². The second kappa shape index (κ2) is 5.75. The molecule has 7 heteroatoms. The molecule has 122 valence electrons. The van der Waals surface area contributed by atoms with E-state index >= 15 is 0 Å². The molecule has 0 spiro atoms. The van der Waals surface area contributed by atoms with Crippen molar-refractivity contribution in [1.82, 2.24) is 19.9 Å². The van der Waals surface area contributed by atoms with E-state index in [9.17, 15) is 0 Å². The highest BCUT2D eigenvalue weighted by atomic mass is 35.5. The fraction of sp³-hybridized carbons (Fsp3) is 0.0556. The molecule has 5 rings (SSSR count). The van der Waals surface area contributed by atoms with Crippen molar-refractivity contribution in [3.63, 3.8) is 0 Å². The van der Waals surface area contributed by atoms with Gasteiger partial charge in [0.25, 0.3) is 0 Å². The van der Waals surface area contributed by atoms with Crippen molar-refractivity contribution in [3.8, 4) is 11.4 Å². The van der Waals surface area contributed by atoms with Gasteiger partial charge in [0.05, 0.1) is 5.71 Å². The first-order valence-corrected chi connectivity index (χ1v) is 9.14. The summed E-state index contributed by atoms with van der Waals surface area (Å²) in [5.41, 5.74) is 4.17. The Morgan fingerprint density at radius 2 is 1.88 bits per heavy atom. The first-order valence-electron chi connectivity index (χ1n) is 7.78. The Morgan fingerprint density at radius 3 is 2.76 bits per heavy atom. The highest BCUT2D eigenvalue weighted by Gasteiger charge is 2.22. The molecule has 1 aliphatic heterocycles. The molecule has 0 radical (unpaired) electrons. The molecule has 0 saturated heterocycles. The molecule has 2 aromatic carbocycles. The van der Waals surface area contributed by atoms with Crippen LogP contribution in [0.15, 0.2) is 65.0 Å². The first-order chi connectivity index (χ1) is 12.3. The van der Waals surface area contributed by atoms with Gasteiger partial charge in [-0.3, -0.25) is 0 Å². The number of hydrogen-bond donors (Lipinski definition) is 1. The summed E-state index contributed by atoms with van der Waals surface area (Å²) in [5, 5.41) is 16.1. The number of para-hydroxylation sites is 1. The third-order valence-corrected chi connectivity index (χ3v) is 5.36. The van der Waals surface area contributed by atoms with Gasteiger partial charge in [0, 0.05) is 39.0 Å². The Bertz CT molecular complexity index is 1110. The molecule has 4 aromatic rings. The maximum Gasteiger partial charge on any atom is 0.212 e. The highest BCUT2D eigenvalue weighted by molar-refractivity contribution is 7.99. The third kappa shape index (κ3) is 2.45. The molecule has 0 amide bonds. The van der Waals surface area contributed by atoms with Crippen molar-refractivity contribution in [2.75, 3.05) is 5.75 Å². The summed E-state index contributed by atoms with van der Waals surface area (Å²) in [4.78, 5) is 3.31. The van der Waals surface area contributed by atoms with Crippen LogP contribution in [0, 0.1) is 0 Å². The molecule has 0 unspecified atom stereocenters. The van der Waals surface area contributed by atoms with Crippen LogP contribution in [-0.2, 0) is 0 Å². The van der Waals surface area contributed by atoms with E-state index in [0.29, 0.717) is 5.02 Å². The van der Waals surface area contributed by atoms with Crippen molar-refractivity contribution in [1.29, 1.82) is 0 Å². The summed E-state index contributed by atoms with van der Waals surface area (Å²) in [6.07, 6.45) is 2.02. The molecule has 1 aliphatic rings. The Morgan fingerprint density at radius 1 is 1.04 bits per heavy atom. The molecule has 0 bridgehead atoms. The minimum Gasteiger partial charge on any atom is -0.360 e. The number of halogens is 1. The average molecular weight is 366 g/mol. The smallest absolute Gasteiger partial charge is 0.212 e. The van der Waals surface area contributed by atoms with Crippen LogP contribution in [0.1, 0.15) is 5.56 Å². The van der Waals surface area contributed by atoms with Gasteiger partial charge >= 0.3 is 0 Å². The highest BCUT2D eigenvalue weighted by Crippen LogP contribution is 2.30. The Balaban J connectivity index is 1.64. The van der Waals surface area contributed by atoms with E-state index in [2.05, 4.69) is 27.3 Å². The van der Waals surface area contributed by atoms with Crippen LogP contribution >= 0.6 is 23.4 Å². The Labute approximate surface area is 152 Å². The van der Waals surface area contributed by atoms with Crippen LogP contribution in [0.5, 0.6) is 0 Å². The molecule has 0 saturated carbocycles. The van der Waals surface area contributed by atoms with Gasteiger partial charge in [-0.1, -0.05) is 41.6 Å². The molecule has 1 N–H and O–H groups in total. The summed E-state index contributed by atoms with van der Waals surface area (Å²) in [5.74, 6) is 1.48. The van der Waals surface area contributed by atoms with E-state index in [4.69, 9.17) is 16.7 Å². The maximum absolute atomic E-state index is 5.98. The zero-order chi connectivity index (χ0) is 16.8. The van der Waals surface area contributed by atoms with E-state index in [1.54, 1.807) is 11.8 Å². The van der Waals surface area contributed by atoms with Crippen LogP contribution in [0.4, 0.5) is 0 Å². The molecule has 25 heavy (non-hydrogen) atoms. The van der Waals surface area contributed by atoms with Crippen LogP contribution in [0.3, 0.4) is 0 Å². The van der Waals surface area contributed by atoms with Crippen LogP contribution in [0.2, 0.25) is 5.02 Å². The van der Waals surface area contributed by atoms with Crippen molar-refractivity contribution in [3.05, 3.63) is 65.3 Å². The van der Waals surface area contributed by atoms with Gasteiger partial charge in [0.2, 0.25) is 5.16 Å². The summed E-state index contributed by atoms with van der Waals surface area (Å²) in [6.45, 7) is 0. The number of benzene rings is 2. The summed E-state index contributed by atoms with van der Waals surface area (Å²) in [6, 6.07) is 15.8. The van der Waals surface area contributed by atoms with Crippen molar-refractivity contribution >= 4 is 40.0 Å². The SMILES string of the molecule is Clc1ccc(-c2nnc3n2N=C(c2c[nH]c4ccccc24)CS3)cc1. The summed E-state index contributed by atoms with van der Waals surface area (Å²) in [7, 11) is 0. The fourth-order valence-corrected chi connectivity index (χ4v) is 3.90. The van der Waals surface area contributed by atoms with Crippen LogP contribution < -0.4 is 0 Å². The van der Waals surface area contributed by atoms with Gasteiger partial charge in [0.1, 0.15) is 0 Å². The molecule has 5 nitrogen and oxygen atoms in total. The van der Waals surface area contributed by atoms with Crippen molar-refractivity contribution in [2.24, 2.45) is 5.10 Å². The molecule has 0 atom stereocenters. The van der Waals surface area contributed by atoms with Gasteiger partial charge in [-0.2, -0.15) is 9.78 Å². The molecule has 3 heterocycles. The summed E-state index contributed by atoms with van der Waals surface area (Å²) < 4.78 is 1.81. The van der Waals surface area contributed by atoms with Gasteiger partial charge in [-0.25, -0.2) is 0 Å². The topological polar surface area (TPSA) is 58.9 Å².